The topological polar surface area (TPSA) is 59.6 Å². The van der Waals surface area contributed by atoms with E-state index < -0.39 is 5.60 Å². The van der Waals surface area contributed by atoms with E-state index >= 15 is 0 Å². The molecule has 128 valence electrons. The number of nitrogens with one attached hydrogen (secondary N) is 2. The molecule has 3 atom stereocenters. The Hall–Kier alpha value is -0.810. The monoisotopic (exact) mass is 312 g/mol. The first-order valence-electron chi connectivity index (χ1n) is 8.76. The quantitative estimate of drug-likeness (QED) is 0.819. The van der Waals surface area contributed by atoms with Crippen LogP contribution >= 0.6 is 0 Å². The van der Waals surface area contributed by atoms with Crippen LogP contribution in [0.3, 0.4) is 0 Å². The van der Waals surface area contributed by atoms with Gasteiger partial charge in [-0.1, -0.05) is 6.42 Å². The minimum Gasteiger partial charge on any atom is -0.444 e. The van der Waals surface area contributed by atoms with Gasteiger partial charge in [-0.3, -0.25) is 0 Å². The highest BCUT2D eigenvalue weighted by molar-refractivity contribution is 5.67. The van der Waals surface area contributed by atoms with Crippen molar-refractivity contribution in [2.24, 2.45) is 5.92 Å². The molecule has 22 heavy (non-hydrogen) atoms. The zero-order valence-corrected chi connectivity index (χ0v) is 14.3. The molecule has 1 heterocycles. The maximum Gasteiger partial charge on any atom is 0.407 e. The molecule has 0 bridgehead atoms. The summed E-state index contributed by atoms with van der Waals surface area (Å²) in [5.41, 5.74) is -0.435. The second-order valence-corrected chi connectivity index (χ2v) is 7.58. The summed E-state index contributed by atoms with van der Waals surface area (Å²) in [4.78, 5) is 11.8. The van der Waals surface area contributed by atoms with Crippen molar-refractivity contribution < 1.29 is 14.3 Å². The SMILES string of the molecule is CC(C)(C)OC(=O)NCC1CCCC1NCC1CCCCO1. The van der Waals surface area contributed by atoms with Crippen LogP contribution in [0.4, 0.5) is 4.79 Å². The number of rotatable bonds is 5. The van der Waals surface area contributed by atoms with Gasteiger partial charge in [-0.15, -0.1) is 0 Å². The maximum atomic E-state index is 11.8. The van der Waals surface area contributed by atoms with Crippen molar-refractivity contribution in [1.29, 1.82) is 0 Å². The van der Waals surface area contributed by atoms with Gasteiger partial charge in [-0.2, -0.15) is 0 Å². The third kappa shape index (κ3) is 6.13. The highest BCUT2D eigenvalue weighted by Crippen LogP contribution is 2.25. The van der Waals surface area contributed by atoms with E-state index in [9.17, 15) is 4.79 Å². The molecule has 1 aliphatic carbocycles. The minimum absolute atomic E-state index is 0.311. The van der Waals surface area contributed by atoms with Gasteiger partial charge in [-0.25, -0.2) is 4.79 Å². The van der Waals surface area contributed by atoms with Gasteiger partial charge in [0.25, 0.3) is 0 Å². The van der Waals surface area contributed by atoms with Gasteiger partial charge in [0.2, 0.25) is 0 Å². The van der Waals surface area contributed by atoms with Crippen LogP contribution in [0.1, 0.15) is 59.3 Å². The second kappa shape index (κ2) is 8.16. The van der Waals surface area contributed by atoms with Crippen molar-refractivity contribution in [2.75, 3.05) is 19.7 Å². The van der Waals surface area contributed by atoms with E-state index in [1.807, 2.05) is 20.8 Å². The molecular formula is C17H32N2O3. The summed E-state index contributed by atoms with van der Waals surface area (Å²) in [6.07, 6.45) is 7.28. The number of ether oxygens (including phenoxy) is 2. The van der Waals surface area contributed by atoms with Gasteiger partial charge in [0, 0.05) is 25.7 Å². The summed E-state index contributed by atoms with van der Waals surface area (Å²) >= 11 is 0. The zero-order chi connectivity index (χ0) is 16.0. The highest BCUT2D eigenvalue weighted by Gasteiger charge is 2.28. The summed E-state index contributed by atoms with van der Waals surface area (Å²) in [6.45, 7) is 8.19. The molecule has 1 saturated heterocycles. The number of amides is 1. The normalized spacial score (nSPS) is 29.3. The smallest absolute Gasteiger partial charge is 0.407 e. The lowest BCUT2D eigenvalue weighted by molar-refractivity contribution is 0.0145. The number of hydrogen-bond donors (Lipinski definition) is 2. The van der Waals surface area contributed by atoms with Gasteiger partial charge >= 0.3 is 6.09 Å². The average Bonchev–Trinajstić information content (AvgIpc) is 2.90. The lowest BCUT2D eigenvalue weighted by atomic mass is 10.0. The predicted molar refractivity (Wildman–Crippen MR) is 87.0 cm³/mol. The summed E-state index contributed by atoms with van der Waals surface area (Å²) in [5.74, 6) is 0.496. The number of alkyl carbamates (subject to hydrolysis) is 1. The van der Waals surface area contributed by atoms with E-state index in [2.05, 4.69) is 10.6 Å². The predicted octanol–water partition coefficient (Wildman–Crippen LogP) is 2.84. The van der Waals surface area contributed by atoms with Crippen molar-refractivity contribution in [1.82, 2.24) is 10.6 Å². The lowest BCUT2D eigenvalue weighted by Crippen LogP contribution is -2.43. The van der Waals surface area contributed by atoms with Gasteiger partial charge in [0.1, 0.15) is 5.60 Å². The Morgan fingerprint density at radius 3 is 2.64 bits per heavy atom. The molecule has 5 nitrogen and oxygen atoms in total. The third-order valence-electron chi connectivity index (χ3n) is 4.45. The average molecular weight is 312 g/mol. The summed E-state index contributed by atoms with van der Waals surface area (Å²) < 4.78 is 11.1. The van der Waals surface area contributed by atoms with Crippen LogP contribution in [0.25, 0.3) is 0 Å². The van der Waals surface area contributed by atoms with Crippen LogP contribution in [-0.2, 0) is 9.47 Å². The fraction of sp³-hybridized carbons (Fsp3) is 0.941. The molecule has 2 aliphatic rings. The van der Waals surface area contributed by atoms with Crippen LogP contribution in [-0.4, -0.2) is 43.5 Å². The Bertz CT molecular complexity index is 348. The molecule has 0 spiro atoms. The van der Waals surface area contributed by atoms with E-state index in [0.29, 0.717) is 24.6 Å². The number of carbonyl (C=O) groups excluding carboxylic acids is 1. The molecule has 2 rings (SSSR count). The largest absolute Gasteiger partial charge is 0.444 e. The van der Waals surface area contributed by atoms with E-state index in [1.54, 1.807) is 0 Å². The van der Waals surface area contributed by atoms with Gasteiger partial charge in [0.05, 0.1) is 6.10 Å². The molecular weight excluding hydrogens is 280 g/mol. The standard InChI is InChI=1S/C17H32N2O3/c1-17(2,3)22-16(20)19-11-13-7-6-9-15(13)18-12-14-8-4-5-10-21-14/h13-15,18H,4-12H2,1-3H3,(H,19,20). The van der Waals surface area contributed by atoms with Crippen molar-refractivity contribution in [3.8, 4) is 0 Å². The first-order chi connectivity index (χ1) is 10.4. The van der Waals surface area contributed by atoms with Crippen LogP contribution in [0, 0.1) is 5.92 Å². The van der Waals surface area contributed by atoms with E-state index in [0.717, 1.165) is 13.2 Å². The Kier molecular flexibility index (Phi) is 6.50. The summed E-state index contributed by atoms with van der Waals surface area (Å²) in [6, 6.07) is 0.487. The highest BCUT2D eigenvalue weighted by atomic mass is 16.6. The molecule has 0 radical (unpaired) electrons. The summed E-state index contributed by atoms with van der Waals surface area (Å²) in [5, 5.41) is 6.57. The Labute approximate surface area is 134 Å². The van der Waals surface area contributed by atoms with E-state index in [4.69, 9.17) is 9.47 Å². The summed E-state index contributed by atoms with van der Waals surface area (Å²) in [7, 11) is 0. The van der Waals surface area contributed by atoms with Gasteiger partial charge in [0.15, 0.2) is 0 Å². The Balaban J connectivity index is 1.67. The first kappa shape index (κ1) is 17.5. The molecule has 1 aliphatic heterocycles. The van der Waals surface area contributed by atoms with E-state index in [1.165, 1.54) is 38.5 Å². The number of carbonyl (C=O) groups is 1. The van der Waals surface area contributed by atoms with Crippen LogP contribution in [0.15, 0.2) is 0 Å². The molecule has 2 fully saturated rings. The molecule has 0 aromatic heterocycles. The van der Waals surface area contributed by atoms with Crippen molar-refractivity contribution in [3.05, 3.63) is 0 Å². The maximum absolute atomic E-state index is 11.8. The van der Waals surface area contributed by atoms with Crippen molar-refractivity contribution in [2.45, 2.75) is 77.0 Å². The van der Waals surface area contributed by atoms with Gasteiger partial charge in [-0.05, 0) is 58.8 Å². The molecule has 5 heteroatoms. The molecule has 2 N–H and O–H groups in total. The third-order valence-corrected chi connectivity index (χ3v) is 4.45. The molecule has 1 amide bonds. The van der Waals surface area contributed by atoms with Crippen LogP contribution in [0.2, 0.25) is 0 Å². The molecule has 3 unspecified atom stereocenters. The fourth-order valence-corrected chi connectivity index (χ4v) is 3.33. The first-order valence-corrected chi connectivity index (χ1v) is 8.76. The van der Waals surface area contributed by atoms with Crippen molar-refractivity contribution >= 4 is 6.09 Å². The van der Waals surface area contributed by atoms with E-state index in [-0.39, 0.29) is 6.09 Å². The van der Waals surface area contributed by atoms with Crippen molar-refractivity contribution in [3.63, 3.8) is 0 Å². The Morgan fingerprint density at radius 2 is 1.95 bits per heavy atom. The van der Waals surface area contributed by atoms with Crippen LogP contribution < -0.4 is 10.6 Å². The fourth-order valence-electron chi connectivity index (χ4n) is 3.33. The zero-order valence-electron chi connectivity index (χ0n) is 14.3. The Morgan fingerprint density at radius 1 is 1.14 bits per heavy atom. The minimum atomic E-state index is -0.435. The molecule has 1 saturated carbocycles. The molecule has 0 aromatic carbocycles. The second-order valence-electron chi connectivity index (χ2n) is 7.58. The lowest BCUT2D eigenvalue weighted by Gasteiger charge is -2.27. The molecule has 0 aromatic rings. The van der Waals surface area contributed by atoms with Gasteiger partial charge < -0.3 is 20.1 Å². The number of hydrogen-bond acceptors (Lipinski definition) is 4. The van der Waals surface area contributed by atoms with Crippen LogP contribution in [0.5, 0.6) is 0 Å².